The van der Waals surface area contributed by atoms with Crippen LogP contribution in [0.4, 0.5) is 0 Å². The van der Waals surface area contributed by atoms with Crippen LogP contribution in [0.2, 0.25) is 0 Å². The molecule has 2 aromatic heterocycles. The zero-order valence-corrected chi connectivity index (χ0v) is 15.2. The van der Waals surface area contributed by atoms with Gasteiger partial charge in [0.15, 0.2) is 0 Å². The molecule has 1 aliphatic heterocycles. The summed E-state index contributed by atoms with van der Waals surface area (Å²) in [4.78, 5) is 16.3. The normalized spacial score (nSPS) is 17.5. The van der Waals surface area contributed by atoms with Crippen LogP contribution in [0.1, 0.15) is 36.2 Å². The van der Waals surface area contributed by atoms with E-state index >= 15 is 0 Å². The average molecular weight is 349 g/mol. The Morgan fingerprint density at radius 3 is 2.81 bits per heavy atom. The van der Waals surface area contributed by atoms with Gasteiger partial charge in [0, 0.05) is 31.2 Å². The molecule has 26 heavy (non-hydrogen) atoms. The molecular formula is C20H23N5O. The van der Waals surface area contributed by atoms with Crippen molar-refractivity contribution >= 4 is 0 Å². The fraction of sp³-hybridized carbons (Fsp3) is 0.350. The summed E-state index contributed by atoms with van der Waals surface area (Å²) < 4.78 is 8.00. The number of ether oxygens (including phenoxy) is 1. The van der Waals surface area contributed by atoms with Crippen LogP contribution in [0.15, 0.2) is 48.8 Å². The van der Waals surface area contributed by atoms with Crippen LogP contribution in [0.25, 0.3) is 0 Å². The minimum atomic E-state index is 0.199. The van der Waals surface area contributed by atoms with Gasteiger partial charge in [-0.3, -0.25) is 4.90 Å². The zero-order valence-electron chi connectivity index (χ0n) is 15.2. The first-order valence-electron chi connectivity index (χ1n) is 8.98. The maximum Gasteiger partial charge on any atom is 0.222 e. The van der Waals surface area contributed by atoms with E-state index in [1.807, 2.05) is 62.8 Å². The van der Waals surface area contributed by atoms with Crippen molar-refractivity contribution in [1.82, 2.24) is 24.4 Å². The topological polar surface area (TPSA) is 56.1 Å². The molecule has 0 aliphatic carbocycles. The molecule has 0 saturated carbocycles. The van der Waals surface area contributed by atoms with Crippen molar-refractivity contribution in [2.45, 2.75) is 32.4 Å². The van der Waals surface area contributed by atoms with Crippen molar-refractivity contribution in [3.05, 3.63) is 66.1 Å². The molecule has 0 amide bonds. The molecule has 1 unspecified atom stereocenters. The Balaban J connectivity index is 1.57. The van der Waals surface area contributed by atoms with Crippen LogP contribution in [0.3, 0.4) is 0 Å². The fourth-order valence-corrected chi connectivity index (χ4v) is 3.41. The first kappa shape index (κ1) is 16.7. The van der Waals surface area contributed by atoms with E-state index in [1.54, 1.807) is 0 Å². The van der Waals surface area contributed by atoms with Gasteiger partial charge >= 0.3 is 0 Å². The SMILES string of the molecule is Cc1cc(Oc2ccccc2)nc(C2CCCN2Cc2nccn2C)n1. The van der Waals surface area contributed by atoms with Crippen molar-refractivity contribution in [3.63, 3.8) is 0 Å². The Bertz CT molecular complexity index is 877. The van der Waals surface area contributed by atoms with Gasteiger partial charge in [0.2, 0.25) is 5.88 Å². The second-order valence-electron chi connectivity index (χ2n) is 6.70. The summed E-state index contributed by atoms with van der Waals surface area (Å²) in [6.45, 7) is 3.82. The number of aromatic nitrogens is 4. The van der Waals surface area contributed by atoms with Gasteiger partial charge in [-0.25, -0.2) is 9.97 Å². The lowest BCUT2D eigenvalue weighted by Gasteiger charge is -2.23. The molecule has 1 saturated heterocycles. The van der Waals surface area contributed by atoms with Crippen molar-refractivity contribution < 1.29 is 4.74 Å². The summed E-state index contributed by atoms with van der Waals surface area (Å²) in [6.07, 6.45) is 6.02. The third-order valence-electron chi connectivity index (χ3n) is 4.74. The number of nitrogens with zero attached hydrogens (tertiary/aromatic N) is 5. The second kappa shape index (κ2) is 7.25. The highest BCUT2D eigenvalue weighted by molar-refractivity contribution is 5.27. The Labute approximate surface area is 153 Å². The van der Waals surface area contributed by atoms with E-state index in [0.29, 0.717) is 5.88 Å². The second-order valence-corrected chi connectivity index (χ2v) is 6.70. The van der Waals surface area contributed by atoms with Crippen molar-refractivity contribution in [2.24, 2.45) is 7.05 Å². The summed E-state index contributed by atoms with van der Waals surface area (Å²) in [5, 5.41) is 0. The molecule has 1 atom stereocenters. The molecular weight excluding hydrogens is 326 g/mol. The molecule has 0 bridgehead atoms. The van der Waals surface area contributed by atoms with Gasteiger partial charge in [-0.05, 0) is 38.4 Å². The summed E-state index contributed by atoms with van der Waals surface area (Å²) in [5.41, 5.74) is 0.921. The molecule has 134 valence electrons. The lowest BCUT2D eigenvalue weighted by Crippen LogP contribution is -2.26. The lowest BCUT2D eigenvalue weighted by molar-refractivity contribution is 0.230. The summed E-state index contributed by atoms with van der Waals surface area (Å²) in [7, 11) is 2.03. The predicted molar refractivity (Wildman–Crippen MR) is 98.9 cm³/mol. The van der Waals surface area contributed by atoms with E-state index in [2.05, 4.69) is 14.5 Å². The van der Waals surface area contributed by atoms with Crippen LogP contribution >= 0.6 is 0 Å². The Kier molecular flexibility index (Phi) is 4.67. The lowest BCUT2D eigenvalue weighted by atomic mass is 10.2. The molecule has 0 spiro atoms. The van der Waals surface area contributed by atoms with E-state index in [-0.39, 0.29) is 6.04 Å². The predicted octanol–water partition coefficient (Wildman–Crippen LogP) is 3.65. The van der Waals surface area contributed by atoms with Crippen molar-refractivity contribution in [1.29, 1.82) is 0 Å². The Morgan fingerprint density at radius 2 is 2.04 bits per heavy atom. The monoisotopic (exact) mass is 349 g/mol. The number of rotatable bonds is 5. The smallest absolute Gasteiger partial charge is 0.222 e. The third-order valence-corrected chi connectivity index (χ3v) is 4.74. The highest BCUT2D eigenvalue weighted by atomic mass is 16.5. The van der Waals surface area contributed by atoms with E-state index < -0.39 is 0 Å². The first-order valence-corrected chi connectivity index (χ1v) is 8.98. The van der Waals surface area contributed by atoms with Crippen LogP contribution in [0, 0.1) is 6.92 Å². The number of para-hydroxylation sites is 1. The molecule has 6 nitrogen and oxygen atoms in total. The third kappa shape index (κ3) is 3.60. The van der Waals surface area contributed by atoms with Crippen molar-refractivity contribution in [2.75, 3.05) is 6.54 Å². The van der Waals surface area contributed by atoms with E-state index in [9.17, 15) is 0 Å². The average Bonchev–Trinajstić information content (AvgIpc) is 3.25. The van der Waals surface area contributed by atoms with Crippen molar-refractivity contribution in [3.8, 4) is 11.6 Å². The highest BCUT2D eigenvalue weighted by Gasteiger charge is 2.29. The standard InChI is InChI=1S/C20H23N5O/c1-15-13-19(26-16-7-4-3-5-8-16)23-20(22-15)17-9-6-11-25(17)14-18-21-10-12-24(18)2/h3-5,7-8,10,12-13,17H,6,9,11,14H2,1-2H3. The summed E-state index contributed by atoms with van der Waals surface area (Å²) in [6, 6.07) is 11.8. The van der Waals surface area contributed by atoms with Gasteiger partial charge in [0.05, 0.1) is 12.6 Å². The quantitative estimate of drug-likeness (QED) is 0.704. The molecule has 1 fully saturated rings. The van der Waals surface area contributed by atoms with E-state index in [1.165, 1.54) is 0 Å². The Morgan fingerprint density at radius 1 is 1.19 bits per heavy atom. The van der Waals surface area contributed by atoms with Gasteiger partial charge in [0.25, 0.3) is 0 Å². The van der Waals surface area contributed by atoms with Gasteiger partial charge in [-0.1, -0.05) is 18.2 Å². The molecule has 0 radical (unpaired) electrons. The van der Waals surface area contributed by atoms with Crippen LogP contribution in [-0.4, -0.2) is 31.0 Å². The number of hydrogen-bond donors (Lipinski definition) is 0. The van der Waals surface area contributed by atoms with E-state index in [4.69, 9.17) is 14.7 Å². The molecule has 1 aromatic carbocycles. The molecule has 3 aromatic rings. The number of likely N-dealkylation sites (tertiary alicyclic amines) is 1. The fourth-order valence-electron chi connectivity index (χ4n) is 3.41. The van der Waals surface area contributed by atoms with Gasteiger partial charge in [-0.2, -0.15) is 4.98 Å². The number of aryl methyl sites for hydroxylation is 2. The Hall–Kier alpha value is -2.73. The van der Waals surface area contributed by atoms with Crippen LogP contribution in [-0.2, 0) is 13.6 Å². The molecule has 4 rings (SSSR count). The molecule has 1 aliphatic rings. The minimum Gasteiger partial charge on any atom is -0.439 e. The molecule has 3 heterocycles. The molecule has 0 N–H and O–H groups in total. The largest absolute Gasteiger partial charge is 0.439 e. The van der Waals surface area contributed by atoms with Gasteiger partial charge < -0.3 is 9.30 Å². The van der Waals surface area contributed by atoms with Crippen LogP contribution in [0.5, 0.6) is 11.6 Å². The molecule has 6 heteroatoms. The number of hydrogen-bond acceptors (Lipinski definition) is 5. The zero-order chi connectivity index (χ0) is 17.9. The maximum atomic E-state index is 5.93. The van der Waals surface area contributed by atoms with E-state index in [0.717, 1.165) is 49.0 Å². The maximum absolute atomic E-state index is 5.93. The minimum absolute atomic E-state index is 0.199. The summed E-state index contributed by atoms with van der Waals surface area (Å²) >= 11 is 0. The number of imidazole rings is 1. The van der Waals surface area contributed by atoms with Crippen LogP contribution < -0.4 is 4.74 Å². The first-order chi connectivity index (χ1) is 12.7. The highest BCUT2D eigenvalue weighted by Crippen LogP contribution is 2.32. The van der Waals surface area contributed by atoms with Gasteiger partial charge in [-0.15, -0.1) is 0 Å². The van der Waals surface area contributed by atoms with Gasteiger partial charge in [0.1, 0.15) is 17.4 Å². The summed E-state index contributed by atoms with van der Waals surface area (Å²) in [5.74, 6) is 3.28. The number of benzene rings is 1.